The Bertz CT molecular complexity index is 787. The lowest BCUT2D eigenvalue weighted by Gasteiger charge is -2.06. The van der Waals surface area contributed by atoms with Gasteiger partial charge in [0.2, 0.25) is 11.7 Å². The predicted molar refractivity (Wildman–Crippen MR) is 73.9 cm³/mol. The van der Waals surface area contributed by atoms with Gasteiger partial charge in [-0.05, 0) is 18.6 Å². The van der Waals surface area contributed by atoms with Crippen LogP contribution in [0.15, 0.2) is 23.1 Å². The molecule has 1 aromatic carbocycles. The van der Waals surface area contributed by atoms with Crippen LogP contribution in [-0.4, -0.2) is 25.8 Å². The van der Waals surface area contributed by atoms with E-state index in [1.54, 1.807) is 0 Å². The van der Waals surface area contributed by atoms with Crippen molar-refractivity contribution >= 4 is 17.3 Å². The zero-order chi connectivity index (χ0) is 16.4. The van der Waals surface area contributed by atoms with Crippen LogP contribution in [0, 0.1) is 15.9 Å². The van der Waals surface area contributed by atoms with Gasteiger partial charge < -0.3 is 5.11 Å². The molecule has 10 heteroatoms. The van der Waals surface area contributed by atoms with Crippen molar-refractivity contribution in [1.29, 1.82) is 0 Å². The average molecular weight is 334 g/mol. The van der Waals surface area contributed by atoms with E-state index in [1.165, 1.54) is 0 Å². The number of hydrogen-bond donors (Lipinski definition) is 1. The largest absolute Gasteiger partial charge is 0.493 e. The number of nitro groups is 1. The Balaban J connectivity index is 2.63. The van der Waals surface area contributed by atoms with E-state index in [0.29, 0.717) is 4.57 Å². The van der Waals surface area contributed by atoms with Crippen LogP contribution in [0.3, 0.4) is 0 Å². The molecule has 1 heterocycles. The summed E-state index contributed by atoms with van der Waals surface area (Å²) in [5.74, 6) is -1.97. The molecule has 22 heavy (non-hydrogen) atoms. The molecular formula is C12H10ClF2N3O4. The molecule has 0 bridgehead atoms. The first-order valence-electron chi connectivity index (χ1n) is 6.08. The summed E-state index contributed by atoms with van der Waals surface area (Å²) < 4.78 is 27.9. The number of nitro benzene ring substituents is 1. The van der Waals surface area contributed by atoms with Crippen molar-refractivity contribution in [3.05, 3.63) is 49.8 Å². The van der Waals surface area contributed by atoms with Crippen LogP contribution < -0.4 is 5.69 Å². The lowest BCUT2D eigenvalue weighted by atomic mass is 10.2. The summed E-state index contributed by atoms with van der Waals surface area (Å²) in [6.07, 6.45) is 1.03. The van der Waals surface area contributed by atoms with Crippen molar-refractivity contribution in [3.63, 3.8) is 0 Å². The fraction of sp³-hybridized carbons (Fsp3) is 0.250. The van der Waals surface area contributed by atoms with E-state index < -0.39 is 45.4 Å². The highest BCUT2D eigenvalue weighted by Gasteiger charge is 2.26. The van der Waals surface area contributed by atoms with Crippen LogP contribution in [0.4, 0.5) is 14.5 Å². The van der Waals surface area contributed by atoms with Gasteiger partial charge in [0.1, 0.15) is 5.02 Å². The van der Waals surface area contributed by atoms with E-state index in [1.807, 2.05) is 0 Å². The minimum Gasteiger partial charge on any atom is -0.493 e. The number of alkyl halides is 1. The number of nitrogens with zero attached hydrogens (tertiary/aromatic N) is 3. The smallest absolute Gasteiger partial charge is 0.335 e. The maximum Gasteiger partial charge on any atom is 0.335 e. The Morgan fingerprint density at radius 2 is 2.09 bits per heavy atom. The van der Waals surface area contributed by atoms with Gasteiger partial charge in [-0.1, -0.05) is 11.6 Å². The van der Waals surface area contributed by atoms with E-state index in [-0.39, 0.29) is 13.0 Å². The van der Waals surface area contributed by atoms with Gasteiger partial charge in [-0.25, -0.2) is 9.36 Å². The molecule has 0 amide bonds. The summed E-state index contributed by atoms with van der Waals surface area (Å²) in [7, 11) is 0. The van der Waals surface area contributed by atoms with Gasteiger partial charge in [-0.3, -0.25) is 19.1 Å². The zero-order valence-electron chi connectivity index (χ0n) is 11.0. The van der Waals surface area contributed by atoms with Crippen molar-refractivity contribution < 1.29 is 18.8 Å². The first kappa shape index (κ1) is 16.0. The number of benzene rings is 1. The molecule has 0 saturated heterocycles. The third-order valence-corrected chi connectivity index (χ3v) is 3.25. The van der Waals surface area contributed by atoms with Crippen LogP contribution in [-0.2, 0) is 6.54 Å². The lowest BCUT2D eigenvalue weighted by Crippen LogP contribution is -2.24. The minimum absolute atomic E-state index is 0.0206. The van der Waals surface area contributed by atoms with Gasteiger partial charge in [0.05, 0.1) is 23.5 Å². The molecule has 7 nitrogen and oxygen atoms in total. The average Bonchev–Trinajstić information content (AvgIpc) is 2.72. The van der Waals surface area contributed by atoms with Crippen molar-refractivity contribution in [2.24, 2.45) is 0 Å². The Kier molecular flexibility index (Phi) is 4.45. The van der Waals surface area contributed by atoms with Gasteiger partial charge in [-0.2, -0.15) is 4.39 Å². The lowest BCUT2D eigenvalue weighted by molar-refractivity contribution is -0.387. The number of hydrogen-bond acceptors (Lipinski definition) is 4. The Morgan fingerprint density at radius 3 is 2.68 bits per heavy atom. The van der Waals surface area contributed by atoms with Crippen LogP contribution in [0.5, 0.6) is 5.88 Å². The minimum atomic E-state index is -1.35. The van der Waals surface area contributed by atoms with Crippen LogP contribution >= 0.6 is 11.6 Å². The summed E-state index contributed by atoms with van der Waals surface area (Å²) in [6, 6.07) is 2.08. The molecule has 0 radical (unpaired) electrons. The molecule has 0 aliphatic rings. The molecule has 2 aromatic rings. The quantitative estimate of drug-likeness (QED) is 0.672. The van der Waals surface area contributed by atoms with Gasteiger partial charge in [0.15, 0.2) is 0 Å². The highest BCUT2D eigenvalue weighted by molar-refractivity contribution is 6.32. The summed E-state index contributed by atoms with van der Waals surface area (Å²) in [4.78, 5) is 21.9. The molecule has 1 N–H and O–H groups in total. The van der Waals surface area contributed by atoms with Crippen molar-refractivity contribution in [3.8, 4) is 11.6 Å². The fourth-order valence-electron chi connectivity index (χ4n) is 1.97. The highest BCUT2D eigenvalue weighted by atomic mass is 35.5. The Labute approximate surface area is 127 Å². The second-order valence-electron chi connectivity index (χ2n) is 4.33. The molecule has 0 spiro atoms. The Hall–Kier alpha value is -2.42. The third kappa shape index (κ3) is 2.67. The monoisotopic (exact) mass is 333 g/mol. The van der Waals surface area contributed by atoms with Crippen molar-refractivity contribution in [2.75, 3.05) is 6.67 Å². The second kappa shape index (κ2) is 6.14. The number of halogens is 3. The molecule has 0 unspecified atom stereocenters. The van der Waals surface area contributed by atoms with Crippen molar-refractivity contribution in [2.45, 2.75) is 13.0 Å². The number of aromatic hydroxyl groups is 1. The molecule has 0 aliphatic heterocycles. The standard InChI is InChI=1S/C12H10ClF2N3O4/c13-7-2-3-8(10(15)11(7)18(21)22)17-9(19)6-16(12(17)20)5-1-4-14/h2-3,6,19H,1,4-5H2. The molecule has 0 aliphatic carbocycles. The first-order chi connectivity index (χ1) is 10.4. The maximum absolute atomic E-state index is 14.2. The normalized spacial score (nSPS) is 10.9. The van der Waals surface area contributed by atoms with E-state index in [2.05, 4.69) is 0 Å². The Morgan fingerprint density at radius 1 is 1.41 bits per heavy atom. The predicted octanol–water partition coefficient (Wildman–Crippen LogP) is 2.40. The van der Waals surface area contributed by atoms with Gasteiger partial charge in [0, 0.05) is 6.54 Å². The topological polar surface area (TPSA) is 90.3 Å². The third-order valence-electron chi connectivity index (χ3n) is 2.94. The summed E-state index contributed by atoms with van der Waals surface area (Å²) >= 11 is 5.56. The zero-order valence-corrected chi connectivity index (χ0v) is 11.8. The molecule has 0 saturated carbocycles. The number of rotatable bonds is 5. The molecule has 0 atom stereocenters. The summed E-state index contributed by atoms with van der Waals surface area (Å²) in [5.41, 5.74) is -2.36. The van der Waals surface area contributed by atoms with E-state index in [9.17, 15) is 28.8 Å². The molecule has 2 rings (SSSR count). The molecule has 1 aromatic heterocycles. The highest BCUT2D eigenvalue weighted by Crippen LogP contribution is 2.32. The van der Waals surface area contributed by atoms with Gasteiger partial charge in [0.25, 0.3) is 0 Å². The van der Waals surface area contributed by atoms with E-state index in [4.69, 9.17) is 11.6 Å². The van der Waals surface area contributed by atoms with Crippen LogP contribution in [0.25, 0.3) is 5.69 Å². The van der Waals surface area contributed by atoms with E-state index in [0.717, 1.165) is 22.9 Å². The number of aryl methyl sites for hydroxylation is 1. The van der Waals surface area contributed by atoms with Crippen molar-refractivity contribution in [1.82, 2.24) is 9.13 Å². The first-order valence-corrected chi connectivity index (χ1v) is 6.46. The summed E-state index contributed by atoms with van der Waals surface area (Å²) in [5, 5.41) is 20.2. The van der Waals surface area contributed by atoms with Gasteiger partial charge >= 0.3 is 11.4 Å². The maximum atomic E-state index is 14.2. The van der Waals surface area contributed by atoms with Crippen LogP contribution in [0.2, 0.25) is 5.02 Å². The SMILES string of the molecule is O=c1n(CCCF)cc(O)n1-c1ccc(Cl)c([N+](=O)[O-])c1F. The van der Waals surface area contributed by atoms with Gasteiger partial charge in [-0.15, -0.1) is 0 Å². The number of aromatic nitrogens is 2. The van der Waals surface area contributed by atoms with Crippen LogP contribution in [0.1, 0.15) is 6.42 Å². The summed E-state index contributed by atoms with van der Waals surface area (Å²) in [6.45, 7) is -0.688. The van der Waals surface area contributed by atoms with E-state index >= 15 is 0 Å². The molecule has 118 valence electrons. The molecular weight excluding hydrogens is 324 g/mol. The second-order valence-corrected chi connectivity index (χ2v) is 4.73. The molecule has 0 fully saturated rings. The fourth-order valence-corrected chi connectivity index (χ4v) is 2.18. The number of imidazole rings is 1.